The first-order valence-corrected chi connectivity index (χ1v) is 8.48. The Morgan fingerprint density at radius 3 is 2.67 bits per heavy atom. The van der Waals surface area contributed by atoms with E-state index in [1.807, 2.05) is 52.8 Å². The summed E-state index contributed by atoms with van der Waals surface area (Å²) in [7, 11) is 0. The van der Waals surface area contributed by atoms with Crippen molar-refractivity contribution < 1.29 is 9.47 Å². The summed E-state index contributed by atoms with van der Waals surface area (Å²) >= 11 is 5.23. The highest BCUT2D eigenvalue weighted by Crippen LogP contribution is 2.29. The smallest absolute Gasteiger partial charge is 0.216 e. The number of nitrogens with one attached hydrogen (secondary N) is 1. The Bertz CT molecular complexity index is 762. The maximum Gasteiger partial charge on any atom is 0.216 e. The van der Waals surface area contributed by atoms with E-state index in [1.54, 1.807) is 10.9 Å². The van der Waals surface area contributed by atoms with Gasteiger partial charge in [0.2, 0.25) is 4.77 Å². The molecular weight excluding hydrogens is 324 g/mol. The van der Waals surface area contributed by atoms with Crippen LogP contribution in [0.1, 0.15) is 51.9 Å². The van der Waals surface area contributed by atoms with Gasteiger partial charge in [0.25, 0.3) is 0 Å². The van der Waals surface area contributed by atoms with Gasteiger partial charge >= 0.3 is 0 Å². The van der Waals surface area contributed by atoms with E-state index >= 15 is 0 Å². The summed E-state index contributed by atoms with van der Waals surface area (Å²) in [6.07, 6.45) is 1.82. The Hall–Kier alpha value is -2.15. The molecule has 0 saturated carbocycles. The lowest BCUT2D eigenvalue weighted by molar-refractivity contribution is 0.224. The SMILES string of the molecule is CCOc1cc(/C=N\n2c(C(C)C)n[nH]c2=S)ccc1OC(C)C. The van der Waals surface area contributed by atoms with Crippen molar-refractivity contribution in [2.45, 2.75) is 46.6 Å². The number of rotatable bonds is 7. The zero-order valence-electron chi connectivity index (χ0n) is 14.7. The molecule has 2 aromatic rings. The largest absolute Gasteiger partial charge is 0.490 e. The van der Waals surface area contributed by atoms with Gasteiger partial charge in [0.05, 0.1) is 18.9 Å². The fourth-order valence-corrected chi connectivity index (χ4v) is 2.32. The lowest BCUT2D eigenvalue weighted by Gasteiger charge is -2.14. The predicted octanol–water partition coefficient (Wildman–Crippen LogP) is 4.13. The molecule has 0 fully saturated rings. The van der Waals surface area contributed by atoms with Gasteiger partial charge in [0.15, 0.2) is 17.3 Å². The molecule has 0 aliphatic rings. The third-order valence-electron chi connectivity index (χ3n) is 3.14. The molecule has 2 rings (SSSR count). The molecule has 0 saturated heterocycles. The summed E-state index contributed by atoms with van der Waals surface area (Å²) in [5.74, 6) is 2.44. The minimum Gasteiger partial charge on any atom is -0.490 e. The lowest BCUT2D eigenvalue weighted by Crippen LogP contribution is -2.07. The van der Waals surface area contributed by atoms with E-state index < -0.39 is 0 Å². The summed E-state index contributed by atoms with van der Waals surface area (Å²) in [4.78, 5) is 0. The second-order valence-corrected chi connectivity index (χ2v) is 6.29. The highest BCUT2D eigenvalue weighted by Gasteiger charge is 2.10. The third kappa shape index (κ3) is 4.44. The predicted molar refractivity (Wildman–Crippen MR) is 97.9 cm³/mol. The minimum atomic E-state index is 0.0848. The van der Waals surface area contributed by atoms with Crippen LogP contribution in [0.15, 0.2) is 23.3 Å². The van der Waals surface area contributed by atoms with Crippen molar-refractivity contribution in [3.63, 3.8) is 0 Å². The number of aromatic amines is 1. The second-order valence-electron chi connectivity index (χ2n) is 5.90. The molecular formula is C17H24N4O2S. The highest BCUT2D eigenvalue weighted by molar-refractivity contribution is 7.71. The van der Waals surface area contributed by atoms with Crippen molar-refractivity contribution in [1.82, 2.24) is 14.9 Å². The third-order valence-corrected chi connectivity index (χ3v) is 3.41. The molecule has 0 amide bonds. The first kappa shape index (κ1) is 18.2. The number of hydrogen-bond acceptors (Lipinski definition) is 5. The van der Waals surface area contributed by atoms with E-state index in [9.17, 15) is 0 Å². The van der Waals surface area contributed by atoms with Gasteiger partial charge < -0.3 is 9.47 Å². The quantitative estimate of drug-likeness (QED) is 0.603. The Kier molecular flexibility index (Phi) is 6.14. The van der Waals surface area contributed by atoms with Gasteiger partial charge in [0.1, 0.15) is 0 Å². The van der Waals surface area contributed by atoms with Crippen molar-refractivity contribution in [3.8, 4) is 11.5 Å². The topological polar surface area (TPSA) is 64.4 Å². The molecule has 7 heteroatoms. The van der Waals surface area contributed by atoms with E-state index in [1.165, 1.54) is 0 Å². The van der Waals surface area contributed by atoms with Crippen LogP contribution in [0.5, 0.6) is 11.5 Å². The number of aromatic nitrogens is 3. The normalized spacial score (nSPS) is 11.6. The molecule has 1 N–H and O–H groups in total. The van der Waals surface area contributed by atoms with Crippen molar-refractivity contribution in [3.05, 3.63) is 34.4 Å². The van der Waals surface area contributed by atoms with Crippen LogP contribution in [0.2, 0.25) is 0 Å². The first-order valence-electron chi connectivity index (χ1n) is 8.07. The van der Waals surface area contributed by atoms with Gasteiger partial charge in [-0.25, -0.2) is 0 Å². The molecule has 0 spiro atoms. The fraction of sp³-hybridized carbons (Fsp3) is 0.471. The van der Waals surface area contributed by atoms with E-state index in [-0.39, 0.29) is 12.0 Å². The zero-order chi connectivity index (χ0) is 17.7. The van der Waals surface area contributed by atoms with Gasteiger partial charge in [-0.1, -0.05) is 13.8 Å². The number of benzene rings is 1. The monoisotopic (exact) mass is 348 g/mol. The molecule has 1 aromatic carbocycles. The number of hydrogen-bond donors (Lipinski definition) is 1. The van der Waals surface area contributed by atoms with Crippen LogP contribution >= 0.6 is 12.2 Å². The molecule has 1 aromatic heterocycles. The van der Waals surface area contributed by atoms with Crippen molar-refractivity contribution in [2.75, 3.05) is 6.61 Å². The summed E-state index contributed by atoms with van der Waals surface area (Å²) < 4.78 is 13.5. The molecule has 6 nitrogen and oxygen atoms in total. The average Bonchev–Trinajstić information content (AvgIpc) is 2.88. The zero-order valence-corrected chi connectivity index (χ0v) is 15.6. The van der Waals surface area contributed by atoms with Crippen LogP contribution in [0.4, 0.5) is 0 Å². The van der Waals surface area contributed by atoms with Crippen LogP contribution in [0.25, 0.3) is 0 Å². The summed E-state index contributed by atoms with van der Waals surface area (Å²) in [6, 6.07) is 5.73. The van der Waals surface area contributed by atoms with Crippen LogP contribution in [0.3, 0.4) is 0 Å². The van der Waals surface area contributed by atoms with E-state index in [4.69, 9.17) is 21.7 Å². The molecule has 0 aliphatic heterocycles. The average molecular weight is 348 g/mol. The van der Waals surface area contributed by atoms with Gasteiger partial charge in [-0.2, -0.15) is 14.9 Å². The van der Waals surface area contributed by atoms with E-state index in [2.05, 4.69) is 15.3 Å². The lowest BCUT2D eigenvalue weighted by atomic mass is 10.2. The van der Waals surface area contributed by atoms with Crippen LogP contribution in [-0.4, -0.2) is 33.8 Å². The molecule has 0 radical (unpaired) electrons. The summed E-state index contributed by atoms with van der Waals surface area (Å²) in [6.45, 7) is 10.6. The molecule has 24 heavy (non-hydrogen) atoms. The minimum absolute atomic E-state index is 0.0848. The van der Waals surface area contributed by atoms with Crippen LogP contribution in [-0.2, 0) is 0 Å². The van der Waals surface area contributed by atoms with Crippen molar-refractivity contribution >= 4 is 18.4 Å². The number of nitrogens with zero attached hydrogens (tertiary/aromatic N) is 3. The molecule has 0 aliphatic carbocycles. The van der Waals surface area contributed by atoms with E-state index in [0.717, 1.165) is 17.1 Å². The highest BCUT2D eigenvalue weighted by atomic mass is 32.1. The Morgan fingerprint density at radius 2 is 2.04 bits per heavy atom. The second kappa shape index (κ2) is 8.10. The maximum atomic E-state index is 5.77. The summed E-state index contributed by atoms with van der Waals surface area (Å²) in [5.41, 5.74) is 0.896. The maximum absolute atomic E-state index is 5.77. The molecule has 1 heterocycles. The van der Waals surface area contributed by atoms with Gasteiger partial charge in [0, 0.05) is 5.92 Å². The fourth-order valence-electron chi connectivity index (χ4n) is 2.14. The van der Waals surface area contributed by atoms with Gasteiger partial charge in [-0.3, -0.25) is 5.10 Å². The Morgan fingerprint density at radius 1 is 1.29 bits per heavy atom. The van der Waals surface area contributed by atoms with Gasteiger partial charge in [-0.15, -0.1) is 0 Å². The van der Waals surface area contributed by atoms with Gasteiger partial charge in [-0.05, 0) is 56.8 Å². The number of ether oxygens (including phenoxy) is 2. The van der Waals surface area contributed by atoms with Crippen molar-refractivity contribution in [1.29, 1.82) is 0 Å². The summed E-state index contributed by atoms with van der Waals surface area (Å²) in [5, 5.41) is 11.4. The van der Waals surface area contributed by atoms with Crippen LogP contribution in [0, 0.1) is 4.77 Å². The first-order chi connectivity index (χ1) is 11.4. The van der Waals surface area contributed by atoms with Crippen molar-refractivity contribution in [2.24, 2.45) is 5.10 Å². The molecule has 0 atom stereocenters. The molecule has 0 unspecified atom stereocenters. The Labute approximate surface area is 147 Å². The number of H-pyrrole nitrogens is 1. The van der Waals surface area contributed by atoms with Crippen LogP contribution < -0.4 is 9.47 Å². The Balaban J connectivity index is 2.31. The van der Waals surface area contributed by atoms with E-state index in [0.29, 0.717) is 17.1 Å². The molecule has 0 bridgehead atoms. The standard InChI is InChI=1S/C17H24N4O2S/c1-6-22-15-9-13(7-8-14(15)23-12(4)5)10-18-21-16(11(2)3)19-20-17(21)24/h7-12H,6H2,1-5H3,(H,20,24)/b18-10-. The molecule has 130 valence electrons.